The molecule has 0 unspecified atom stereocenters. The van der Waals surface area contributed by atoms with Crippen LogP contribution in [0.4, 0.5) is 0 Å². The van der Waals surface area contributed by atoms with Crippen LogP contribution in [-0.4, -0.2) is 14.8 Å². The molecule has 2 N–H and O–H groups in total. The maximum Gasteiger partial charge on any atom is 0.147 e. The Morgan fingerprint density at radius 2 is 1.83 bits per heavy atom. The van der Waals surface area contributed by atoms with Crippen molar-refractivity contribution in [1.29, 1.82) is 0 Å². The Morgan fingerprint density at radius 1 is 1.17 bits per heavy atom. The minimum Gasteiger partial charge on any atom is -0.324 e. The van der Waals surface area contributed by atoms with Crippen molar-refractivity contribution in [1.82, 2.24) is 14.8 Å². The average molecular weight is 244 g/mol. The smallest absolute Gasteiger partial charge is 0.147 e. The monoisotopic (exact) mass is 244 g/mol. The van der Waals surface area contributed by atoms with Gasteiger partial charge in [-0.2, -0.15) is 0 Å². The van der Waals surface area contributed by atoms with Gasteiger partial charge < -0.3 is 10.3 Å². The molecule has 0 radical (unpaired) electrons. The van der Waals surface area contributed by atoms with Gasteiger partial charge in [0.05, 0.1) is 6.54 Å². The maximum atomic E-state index is 5.70. The molecule has 4 nitrogen and oxygen atoms in total. The molecular formula is C14H20N4. The van der Waals surface area contributed by atoms with E-state index < -0.39 is 0 Å². The van der Waals surface area contributed by atoms with E-state index in [0.29, 0.717) is 12.6 Å². The zero-order chi connectivity index (χ0) is 13.1. The molecule has 2 aromatic rings. The number of aryl methyl sites for hydroxylation is 1. The van der Waals surface area contributed by atoms with Crippen molar-refractivity contribution in [2.75, 3.05) is 0 Å². The minimum absolute atomic E-state index is 0.331. The lowest BCUT2D eigenvalue weighted by Gasteiger charge is -2.14. The van der Waals surface area contributed by atoms with Crippen molar-refractivity contribution in [3.05, 3.63) is 47.0 Å². The van der Waals surface area contributed by atoms with Gasteiger partial charge in [0, 0.05) is 12.5 Å². The Balaban J connectivity index is 2.35. The molecule has 0 atom stereocenters. The molecule has 1 aromatic heterocycles. The topological polar surface area (TPSA) is 56.7 Å². The summed E-state index contributed by atoms with van der Waals surface area (Å²) in [6.45, 7) is 6.81. The largest absolute Gasteiger partial charge is 0.324 e. The zero-order valence-corrected chi connectivity index (χ0v) is 11.2. The van der Waals surface area contributed by atoms with Gasteiger partial charge in [0.2, 0.25) is 0 Å². The second-order valence-corrected chi connectivity index (χ2v) is 4.80. The van der Waals surface area contributed by atoms with E-state index in [-0.39, 0.29) is 0 Å². The molecule has 0 aliphatic rings. The number of nitrogens with zero attached hydrogens (tertiary/aromatic N) is 3. The van der Waals surface area contributed by atoms with Crippen LogP contribution in [0.3, 0.4) is 0 Å². The number of rotatable bonds is 4. The summed E-state index contributed by atoms with van der Waals surface area (Å²) in [5.41, 5.74) is 8.27. The van der Waals surface area contributed by atoms with Crippen molar-refractivity contribution in [3.8, 4) is 0 Å². The number of nitrogens with two attached hydrogens (primary N) is 1. The second kappa shape index (κ2) is 5.31. The van der Waals surface area contributed by atoms with Gasteiger partial charge >= 0.3 is 0 Å². The van der Waals surface area contributed by atoms with Gasteiger partial charge in [-0.1, -0.05) is 24.3 Å². The quantitative estimate of drug-likeness (QED) is 0.897. The van der Waals surface area contributed by atoms with E-state index in [9.17, 15) is 0 Å². The Labute approximate surface area is 108 Å². The third-order valence-corrected chi connectivity index (χ3v) is 3.15. The van der Waals surface area contributed by atoms with Gasteiger partial charge in [0.1, 0.15) is 11.6 Å². The standard InChI is InChI=1S/C14H20N4/c1-10(2)18-13(16-17-14(18)9-15)8-12-7-5-4-6-11(12)3/h4-7,10H,8-9,15H2,1-3H3. The molecule has 18 heavy (non-hydrogen) atoms. The van der Waals surface area contributed by atoms with Crippen LogP contribution in [0.5, 0.6) is 0 Å². The van der Waals surface area contributed by atoms with Crippen LogP contribution in [0.15, 0.2) is 24.3 Å². The summed E-state index contributed by atoms with van der Waals surface area (Å²) in [6, 6.07) is 8.70. The lowest BCUT2D eigenvalue weighted by Crippen LogP contribution is -2.13. The highest BCUT2D eigenvalue weighted by molar-refractivity contribution is 5.28. The van der Waals surface area contributed by atoms with Crippen molar-refractivity contribution in [2.24, 2.45) is 5.73 Å². The molecule has 1 heterocycles. The fourth-order valence-electron chi connectivity index (χ4n) is 2.20. The molecule has 96 valence electrons. The highest BCUT2D eigenvalue weighted by atomic mass is 15.3. The molecular weight excluding hydrogens is 224 g/mol. The number of aromatic nitrogens is 3. The van der Waals surface area contributed by atoms with Crippen molar-refractivity contribution in [3.63, 3.8) is 0 Å². The summed E-state index contributed by atoms with van der Waals surface area (Å²) < 4.78 is 2.13. The van der Waals surface area contributed by atoms with E-state index >= 15 is 0 Å². The van der Waals surface area contributed by atoms with Gasteiger partial charge in [-0.3, -0.25) is 0 Å². The third-order valence-electron chi connectivity index (χ3n) is 3.15. The predicted octanol–water partition coefficient (Wildman–Crippen LogP) is 2.22. The Hall–Kier alpha value is -1.68. The fourth-order valence-corrected chi connectivity index (χ4v) is 2.20. The molecule has 0 saturated carbocycles. The first-order valence-corrected chi connectivity index (χ1v) is 6.30. The number of hydrogen-bond acceptors (Lipinski definition) is 3. The first kappa shape index (κ1) is 12.8. The van der Waals surface area contributed by atoms with Gasteiger partial charge in [-0.05, 0) is 31.9 Å². The molecule has 0 amide bonds. The summed E-state index contributed by atoms with van der Waals surface area (Å²) in [5, 5.41) is 8.45. The SMILES string of the molecule is Cc1ccccc1Cc1nnc(CN)n1C(C)C. The molecule has 0 bridgehead atoms. The predicted molar refractivity (Wildman–Crippen MR) is 72.3 cm³/mol. The lowest BCUT2D eigenvalue weighted by atomic mass is 10.1. The molecule has 0 saturated heterocycles. The van der Waals surface area contributed by atoms with E-state index in [1.54, 1.807) is 0 Å². The van der Waals surface area contributed by atoms with Crippen molar-refractivity contribution < 1.29 is 0 Å². The Morgan fingerprint density at radius 3 is 2.44 bits per heavy atom. The van der Waals surface area contributed by atoms with Crippen LogP contribution in [0.2, 0.25) is 0 Å². The first-order chi connectivity index (χ1) is 8.63. The maximum absolute atomic E-state index is 5.70. The summed E-state index contributed by atoms with van der Waals surface area (Å²) in [5.74, 6) is 1.84. The lowest BCUT2D eigenvalue weighted by molar-refractivity contribution is 0.548. The van der Waals surface area contributed by atoms with Crippen LogP contribution >= 0.6 is 0 Å². The highest BCUT2D eigenvalue weighted by Gasteiger charge is 2.14. The van der Waals surface area contributed by atoms with E-state index in [2.05, 4.69) is 59.8 Å². The Bertz CT molecular complexity index is 528. The normalized spacial score (nSPS) is 11.2. The van der Waals surface area contributed by atoms with Crippen LogP contribution < -0.4 is 5.73 Å². The van der Waals surface area contributed by atoms with Gasteiger partial charge in [-0.25, -0.2) is 0 Å². The molecule has 0 aliphatic heterocycles. The van der Waals surface area contributed by atoms with Crippen molar-refractivity contribution in [2.45, 2.75) is 39.8 Å². The van der Waals surface area contributed by atoms with Crippen molar-refractivity contribution >= 4 is 0 Å². The number of benzene rings is 1. The van der Waals surface area contributed by atoms with Gasteiger partial charge in [0.25, 0.3) is 0 Å². The number of hydrogen-bond donors (Lipinski definition) is 1. The summed E-state index contributed by atoms with van der Waals surface area (Å²) >= 11 is 0. The molecule has 0 spiro atoms. The molecule has 0 aliphatic carbocycles. The molecule has 0 fully saturated rings. The highest BCUT2D eigenvalue weighted by Crippen LogP contribution is 2.17. The van der Waals surface area contributed by atoms with Crippen LogP contribution in [0, 0.1) is 6.92 Å². The van der Waals surface area contributed by atoms with E-state index in [1.807, 2.05) is 0 Å². The van der Waals surface area contributed by atoms with Crippen LogP contribution in [0.25, 0.3) is 0 Å². The van der Waals surface area contributed by atoms with Gasteiger partial charge in [-0.15, -0.1) is 10.2 Å². The zero-order valence-electron chi connectivity index (χ0n) is 11.2. The first-order valence-electron chi connectivity index (χ1n) is 6.30. The Kier molecular flexibility index (Phi) is 3.77. The van der Waals surface area contributed by atoms with Crippen LogP contribution in [0.1, 0.15) is 42.7 Å². The fraction of sp³-hybridized carbons (Fsp3) is 0.429. The average Bonchev–Trinajstić information content (AvgIpc) is 2.75. The van der Waals surface area contributed by atoms with E-state index in [1.165, 1.54) is 11.1 Å². The minimum atomic E-state index is 0.331. The molecule has 1 aromatic carbocycles. The summed E-state index contributed by atoms with van der Waals surface area (Å²) in [6.07, 6.45) is 0.803. The van der Waals surface area contributed by atoms with Gasteiger partial charge in [0.15, 0.2) is 0 Å². The summed E-state index contributed by atoms with van der Waals surface area (Å²) in [7, 11) is 0. The second-order valence-electron chi connectivity index (χ2n) is 4.80. The molecule has 2 rings (SSSR count). The molecule has 4 heteroatoms. The summed E-state index contributed by atoms with van der Waals surface area (Å²) in [4.78, 5) is 0. The van der Waals surface area contributed by atoms with Crippen LogP contribution in [-0.2, 0) is 13.0 Å². The van der Waals surface area contributed by atoms with E-state index in [4.69, 9.17) is 5.73 Å². The van der Waals surface area contributed by atoms with E-state index in [0.717, 1.165) is 18.1 Å². The third kappa shape index (κ3) is 2.43.